The van der Waals surface area contributed by atoms with Crippen molar-refractivity contribution in [2.24, 2.45) is 0 Å². The number of benzene rings is 5. The Kier molecular flexibility index (Phi) is 7.00. The molecule has 1 heterocycles. The van der Waals surface area contributed by atoms with Gasteiger partial charge in [-0.05, 0) is 46.5 Å². The van der Waals surface area contributed by atoms with Gasteiger partial charge in [0, 0.05) is 21.9 Å². The molecule has 0 amide bonds. The summed E-state index contributed by atoms with van der Waals surface area (Å²) in [6.45, 7) is 8.33. The summed E-state index contributed by atoms with van der Waals surface area (Å²) >= 11 is 0. The molecule has 164 valence electrons. The van der Waals surface area contributed by atoms with Gasteiger partial charge in [0.25, 0.3) is 0 Å². The fraction of sp³-hybridized carbons (Fsp3) is 0.156. The lowest BCUT2D eigenvalue weighted by molar-refractivity contribution is 1.14. The predicted octanol–water partition coefficient (Wildman–Crippen LogP) is 9.28. The Balaban J connectivity index is 0.000000279. The maximum atomic E-state index is 4.97. The summed E-state index contributed by atoms with van der Waals surface area (Å²) in [5, 5.41) is 9.10. The van der Waals surface area contributed by atoms with Crippen LogP contribution in [0.25, 0.3) is 43.2 Å². The van der Waals surface area contributed by atoms with E-state index in [1.54, 1.807) is 0 Å². The molecule has 0 aliphatic heterocycles. The van der Waals surface area contributed by atoms with Crippen LogP contribution in [0, 0.1) is 6.92 Å². The second-order valence-electron chi connectivity index (χ2n) is 7.90. The van der Waals surface area contributed by atoms with Crippen LogP contribution < -0.4 is 0 Å². The number of aromatic nitrogens is 1. The van der Waals surface area contributed by atoms with Crippen LogP contribution in [-0.4, -0.2) is 4.98 Å². The maximum Gasteiger partial charge on any atom is 0.0714 e. The maximum absolute atomic E-state index is 4.97. The van der Waals surface area contributed by atoms with Crippen molar-refractivity contribution < 1.29 is 0 Å². The molecule has 0 saturated heterocycles. The lowest BCUT2D eigenvalue weighted by atomic mass is 9.91. The van der Waals surface area contributed by atoms with E-state index >= 15 is 0 Å². The zero-order valence-corrected chi connectivity index (χ0v) is 20.0. The molecule has 0 saturated carbocycles. The van der Waals surface area contributed by atoms with Crippen LogP contribution in [0.3, 0.4) is 0 Å². The molecule has 6 rings (SSSR count). The van der Waals surface area contributed by atoms with Gasteiger partial charge in [-0.3, -0.25) is 4.98 Å². The Bertz CT molecular complexity index is 1490. The van der Waals surface area contributed by atoms with Gasteiger partial charge in [-0.15, -0.1) is 0 Å². The highest BCUT2D eigenvalue weighted by Gasteiger charge is 2.14. The standard InChI is InChI=1S/C24H19N.C6H6.C2H6/c1-3-16-12-13-21-22(14-16)25-15(2)23-19-10-6-4-8-17(19)18-9-5-7-11-20(18)24(21)23;1-2-4-6-5-3-1;1-2/h4-14H,3H2,1-2H3;1-6H;1-2H3. The highest BCUT2D eigenvalue weighted by Crippen LogP contribution is 2.39. The summed E-state index contributed by atoms with van der Waals surface area (Å²) in [5.41, 5.74) is 3.55. The fourth-order valence-corrected chi connectivity index (χ4v) is 4.52. The first kappa shape index (κ1) is 22.5. The molecule has 1 heteroatoms. The molecule has 0 N–H and O–H groups in total. The van der Waals surface area contributed by atoms with Crippen LogP contribution >= 0.6 is 0 Å². The SMILES string of the molecule is CC.CCc1ccc2c(c1)nc(C)c1c3ccccc3c3ccccc3c21.c1ccccc1. The molecule has 0 aliphatic rings. The molecule has 0 atom stereocenters. The molecule has 1 aromatic heterocycles. The Labute approximate surface area is 196 Å². The van der Waals surface area contributed by atoms with Crippen LogP contribution in [0.4, 0.5) is 0 Å². The normalized spacial score (nSPS) is 10.5. The molecule has 0 spiro atoms. The van der Waals surface area contributed by atoms with Gasteiger partial charge in [-0.25, -0.2) is 0 Å². The molecule has 0 fully saturated rings. The Morgan fingerprint density at radius 2 is 1.03 bits per heavy atom. The van der Waals surface area contributed by atoms with Crippen molar-refractivity contribution in [3.63, 3.8) is 0 Å². The van der Waals surface area contributed by atoms with Gasteiger partial charge in [0.1, 0.15) is 0 Å². The zero-order valence-electron chi connectivity index (χ0n) is 20.0. The van der Waals surface area contributed by atoms with Gasteiger partial charge in [0.15, 0.2) is 0 Å². The second-order valence-corrected chi connectivity index (χ2v) is 7.90. The minimum absolute atomic E-state index is 1.03. The summed E-state index contributed by atoms with van der Waals surface area (Å²) < 4.78 is 0. The number of fused-ring (bicyclic) bond motifs is 8. The van der Waals surface area contributed by atoms with Crippen molar-refractivity contribution in [2.45, 2.75) is 34.1 Å². The Morgan fingerprint density at radius 1 is 0.545 bits per heavy atom. The molecule has 5 aromatic carbocycles. The first-order valence-corrected chi connectivity index (χ1v) is 11.9. The third-order valence-corrected chi connectivity index (χ3v) is 5.99. The molecule has 0 radical (unpaired) electrons. The van der Waals surface area contributed by atoms with Crippen molar-refractivity contribution in [2.75, 3.05) is 0 Å². The van der Waals surface area contributed by atoms with E-state index in [0.29, 0.717) is 0 Å². The number of hydrogen-bond acceptors (Lipinski definition) is 1. The van der Waals surface area contributed by atoms with Crippen LogP contribution in [0.15, 0.2) is 103 Å². The molecule has 33 heavy (non-hydrogen) atoms. The van der Waals surface area contributed by atoms with Gasteiger partial charge in [-0.2, -0.15) is 0 Å². The Morgan fingerprint density at radius 3 is 1.55 bits per heavy atom. The first-order valence-electron chi connectivity index (χ1n) is 11.9. The van der Waals surface area contributed by atoms with Gasteiger partial charge >= 0.3 is 0 Å². The first-order chi connectivity index (χ1) is 16.3. The van der Waals surface area contributed by atoms with Crippen molar-refractivity contribution in [3.8, 4) is 0 Å². The zero-order chi connectivity index (χ0) is 23.2. The van der Waals surface area contributed by atoms with E-state index in [1.807, 2.05) is 50.2 Å². The minimum Gasteiger partial charge on any atom is -0.252 e. The number of aryl methyl sites for hydroxylation is 2. The quantitative estimate of drug-likeness (QED) is 0.237. The van der Waals surface area contributed by atoms with Crippen molar-refractivity contribution >= 4 is 43.2 Å². The van der Waals surface area contributed by atoms with Crippen molar-refractivity contribution in [3.05, 3.63) is 114 Å². The van der Waals surface area contributed by atoms with E-state index < -0.39 is 0 Å². The van der Waals surface area contributed by atoms with E-state index in [9.17, 15) is 0 Å². The monoisotopic (exact) mass is 429 g/mol. The van der Waals surface area contributed by atoms with E-state index in [2.05, 4.69) is 80.6 Å². The predicted molar refractivity (Wildman–Crippen MR) is 146 cm³/mol. The van der Waals surface area contributed by atoms with Crippen LogP contribution in [0.2, 0.25) is 0 Å². The second kappa shape index (κ2) is 10.3. The van der Waals surface area contributed by atoms with E-state index in [4.69, 9.17) is 4.98 Å². The van der Waals surface area contributed by atoms with Crippen molar-refractivity contribution in [1.82, 2.24) is 4.98 Å². The number of nitrogens with zero attached hydrogens (tertiary/aromatic N) is 1. The molecular weight excluding hydrogens is 398 g/mol. The molecule has 1 nitrogen and oxygen atoms in total. The fourth-order valence-electron chi connectivity index (χ4n) is 4.52. The number of pyridine rings is 1. The van der Waals surface area contributed by atoms with E-state index in [0.717, 1.165) is 17.6 Å². The highest BCUT2D eigenvalue weighted by molar-refractivity contribution is 6.31. The molecule has 0 aliphatic carbocycles. The third-order valence-electron chi connectivity index (χ3n) is 5.99. The molecule has 6 aromatic rings. The Hall–Kier alpha value is -3.71. The van der Waals surface area contributed by atoms with Gasteiger partial charge in [0.2, 0.25) is 0 Å². The lowest BCUT2D eigenvalue weighted by Crippen LogP contribution is -1.92. The summed E-state index contributed by atoms with van der Waals surface area (Å²) in [6.07, 6.45) is 1.03. The van der Waals surface area contributed by atoms with E-state index in [1.165, 1.54) is 43.3 Å². The highest BCUT2D eigenvalue weighted by atomic mass is 14.7. The third kappa shape index (κ3) is 4.32. The van der Waals surface area contributed by atoms with Crippen molar-refractivity contribution in [1.29, 1.82) is 0 Å². The molecule has 0 bridgehead atoms. The summed E-state index contributed by atoms with van der Waals surface area (Å²) in [7, 11) is 0. The van der Waals surface area contributed by atoms with Gasteiger partial charge in [-0.1, -0.05) is 118 Å². The van der Waals surface area contributed by atoms with Crippen LogP contribution in [-0.2, 0) is 6.42 Å². The van der Waals surface area contributed by atoms with E-state index in [-0.39, 0.29) is 0 Å². The number of hydrogen-bond donors (Lipinski definition) is 0. The smallest absolute Gasteiger partial charge is 0.0714 e. The minimum atomic E-state index is 1.03. The van der Waals surface area contributed by atoms with Crippen LogP contribution in [0.5, 0.6) is 0 Å². The van der Waals surface area contributed by atoms with Crippen LogP contribution in [0.1, 0.15) is 32.0 Å². The summed E-state index contributed by atoms with van der Waals surface area (Å²) in [4.78, 5) is 4.97. The largest absolute Gasteiger partial charge is 0.252 e. The van der Waals surface area contributed by atoms with Gasteiger partial charge in [0.05, 0.1) is 5.52 Å². The summed E-state index contributed by atoms with van der Waals surface area (Å²) in [6, 6.07) is 36.2. The van der Waals surface area contributed by atoms with Gasteiger partial charge < -0.3 is 0 Å². The molecule has 0 unspecified atom stereocenters. The summed E-state index contributed by atoms with van der Waals surface area (Å²) in [5.74, 6) is 0. The molecular formula is C32H31N. The lowest BCUT2D eigenvalue weighted by Gasteiger charge is -2.14. The average Bonchev–Trinajstić information content (AvgIpc) is 2.90. The average molecular weight is 430 g/mol. The topological polar surface area (TPSA) is 12.9 Å². The number of rotatable bonds is 1.